The van der Waals surface area contributed by atoms with Gasteiger partial charge in [0.25, 0.3) is 11.4 Å². The van der Waals surface area contributed by atoms with Gasteiger partial charge in [-0.1, -0.05) is 6.07 Å². The number of nitrogens with two attached hydrogens (primary N) is 1. The van der Waals surface area contributed by atoms with Gasteiger partial charge in [0.15, 0.2) is 5.92 Å². The van der Waals surface area contributed by atoms with Crippen LogP contribution in [0.15, 0.2) is 36.4 Å². The van der Waals surface area contributed by atoms with Crippen LogP contribution in [0, 0.1) is 20.2 Å². The van der Waals surface area contributed by atoms with E-state index in [-0.39, 0.29) is 5.91 Å². The number of methoxy groups -OCH3 is 2. The maximum absolute atomic E-state index is 11.7. The Morgan fingerprint density at radius 1 is 1.00 bits per heavy atom. The topological polar surface area (TPSA) is 194 Å². The Balaban J connectivity index is 0.000000273. The summed E-state index contributed by atoms with van der Waals surface area (Å²) in [6.07, 6.45) is 0.419. The number of nitro groups is 2. The van der Waals surface area contributed by atoms with Crippen LogP contribution >= 0.6 is 0 Å². The van der Waals surface area contributed by atoms with Crippen molar-refractivity contribution in [2.24, 2.45) is 0 Å². The molecule has 3 N–H and O–H groups in total. The van der Waals surface area contributed by atoms with Gasteiger partial charge in [-0.25, -0.2) is 0 Å². The molecule has 168 valence electrons. The van der Waals surface area contributed by atoms with E-state index in [0.29, 0.717) is 12.1 Å². The molecule has 2 aromatic carbocycles. The van der Waals surface area contributed by atoms with Gasteiger partial charge in [-0.05, 0) is 18.2 Å². The number of fused-ring (bicyclic) bond motifs is 1. The van der Waals surface area contributed by atoms with Crippen LogP contribution in [0.4, 0.5) is 22.7 Å². The van der Waals surface area contributed by atoms with Crippen molar-refractivity contribution < 1.29 is 33.7 Å². The van der Waals surface area contributed by atoms with E-state index in [4.69, 9.17) is 5.73 Å². The van der Waals surface area contributed by atoms with Gasteiger partial charge in [-0.2, -0.15) is 0 Å². The summed E-state index contributed by atoms with van der Waals surface area (Å²) in [5.41, 5.74) is 5.96. The van der Waals surface area contributed by atoms with Crippen LogP contribution in [0.3, 0.4) is 0 Å². The number of hydrogen-bond donors (Lipinski definition) is 2. The molecular formula is C19H18N4O9. The second kappa shape index (κ2) is 9.97. The van der Waals surface area contributed by atoms with Crippen molar-refractivity contribution in [3.8, 4) is 0 Å². The van der Waals surface area contributed by atoms with E-state index in [1.807, 2.05) is 12.1 Å². The maximum atomic E-state index is 11.7. The summed E-state index contributed by atoms with van der Waals surface area (Å²) in [7, 11) is 1.89. The predicted octanol–water partition coefficient (Wildman–Crippen LogP) is 1.70. The first-order chi connectivity index (χ1) is 15.1. The average Bonchev–Trinajstić information content (AvgIpc) is 3.15. The van der Waals surface area contributed by atoms with Gasteiger partial charge < -0.3 is 20.5 Å². The Morgan fingerprint density at radius 3 is 1.94 bits per heavy atom. The Kier molecular flexibility index (Phi) is 7.39. The Bertz CT molecular complexity index is 1050. The first-order valence-corrected chi connectivity index (χ1v) is 8.86. The van der Waals surface area contributed by atoms with E-state index in [9.17, 15) is 34.6 Å². The van der Waals surface area contributed by atoms with E-state index in [1.165, 1.54) is 0 Å². The molecule has 13 heteroatoms. The lowest BCUT2D eigenvalue weighted by molar-refractivity contribution is -0.395. The van der Waals surface area contributed by atoms with Crippen molar-refractivity contribution in [1.82, 2.24) is 0 Å². The summed E-state index contributed by atoms with van der Waals surface area (Å²) in [4.78, 5) is 54.4. The van der Waals surface area contributed by atoms with Crippen molar-refractivity contribution in [1.29, 1.82) is 0 Å². The first kappa shape index (κ1) is 23.7. The highest BCUT2D eigenvalue weighted by Gasteiger charge is 2.41. The standard InChI is InChI=1S/C11H10N2O8.C8H8N2O/c1-20-10(14)9(11(15)21-2)8-6(12(16)17)4-3-5-7(8)13(18)19;9-6-2-1-3-7-5(6)4-8(11)10-7/h3-5,9H,1-2H3;1-3H,4,9H2,(H,10,11). The molecule has 0 bridgehead atoms. The predicted molar refractivity (Wildman–Crippen MR) is 110 cm³/mol. The monoisotopic (exact) mass is 446 g/mol. The second-order valence-electron chi connectivity index (χ2n) is 6.30. The number of amides is 1. The molecule has 0 radical (unpaired) electrons. The molecule has 2 aromatic rings. The Morgan fingerprint density at radius 2 is 1.50 bits per heavy atom. The number of carbonyl (C=O) groups is 3. The lowest BCUT2D eigenvalue weighted by Crippen LogP contribution is -2.26. The van der Waals surface area contributed by atoms with Crippen LogP contribution in [0.1, 0.15) is 17.0 Å². The van der Waals surface area contributed by atoms with Gasteiger partial charge in [-0.15, -0.1) is 0 Å². The number of hydrogen-bond acceptors (Lipinski definition) is 10. The maximum Gasteiger partial charge on any atom is 0.325 e. The van der Waals surface area contributed by atoms with Crippen LogP contribution in [-0.2, 0) is 30.3 Å². The van der Waals surface area contributed by atoms with Crippen LogP contribution in [-0.4, -0.2) is 41.9 Å². The van der Waals surface area contributed by atoms with E-state index >= 15 is 0 Å². The smallest absolute Gasteiger partial charge is 0.325 e. The number of nitrogens with one attached hydrogen (secondary N) is 1. The lowest BCUT2D eigenvalue weighted by Gasteiger charge is -2.13. The average molecular weight is 446 g/mol. The summed E-state index contributed by atoms with van der Waals surface area (Å²) >= 11 is 0. The molecule has 13 nitrogen and oxygen atoms in total. The molecule has 0 saturated carbocycles. The largest absolute Gasteiger partial charge is 0.468 e. The summed E-state index contributed by atoms with van der Waals surface area (Å²) in [6.45, 7) is 0. The quantitative estimate of drug-likeness (QED) is 0.224. The van der Waals surface area contributed by atoms with Crippen LogP contribution in [0.25, 0.3) is 0 Å². The van der Waals surface area contributed by atoms with Crippen LogP contribution in [0.2, 0.25) is 0 Å². The van der Waals surface area contributed by atoms with Gasteiger partial charge in [0.2, 0.25) is 5.91 Å². The summed E-state index contributed by atoms with van der Waals surface area (Å²) in [5, 5.41) is 24.7. The molecule has 1 heterocycles. The summed E-state index contributed by atoms with van der Waals surface area (Å²) < 4.78 is 8.75. The van der Waals surface area contributed by atoms with Crippen molar-refractivity contribution in [3.05, 3.63) is 67.8 Å². The number of nitro benzene ring substituents is 2. The summed E-state index contributed by atoms with van der Waals surface area (Å²) in [5.74, 6) is -4.28. The zero-order valence-corrected chi connectivity index (χ0v) is 16.9. The fourth-order valence-corrected chi connectivity index (χ4v) is 3.00. The van der Waals surface area contributed by atoms with Gasteiger partial charge >= 0.3 is 11.9 Å². The van der Waals surface area contributed by atoms with E-state index in [1.54, 1.807) is 6.07 Å². The molecule has 0 fully saturated rings. The highest BCUT2D eigenvalue weighted by atomic mass is 16.6. The van der Waals surface area contributed by atoms with Gasteiger partial charge in [0, 0.05) is 29.1 Å². The third-order valence-corrected chi connectivity index (χ3v) is 4.44. The number of anilines is 2. The van der Waals surface area contributed by atoms with E-state index < -0.39 is 44.6 Å². The minimum atomic E-state index is -1.91. The molecule has 0 aliphatic carbocycles. The van der Waals surface area contributed by atoms with Crippen LogP contribution < -0.4 is 11.1 Å². The first-order valence-electron chi connectivity index (χ1n) is 8.86. The number of nitrogens with zero attached hydrogens (tertiary/aromatic N) is 2. The van der Waals surface area contributed by atoms with Gasteiger partial charge in [0.05, 0.1) is 30.5 Å². The molecular weight excluding hydrogens is 428 g/mol. The third kappa shape index (κ3) is 4.95. The number of carbonyl (C=O) groups excluding carboxylic acids is 3. The highest BCUT2D eigenvalue weighted by molar-refractivity contribution is 6.03. The SMILES string of the molecule is COC(=O)C(C(=O)OC)c1c([N+](=O)[O-])cccc1[N+](=O)[O-].Nc1cccc2c1CC(=O)N2. The van der Waals surface area contributed by atoms with Crippen molar-refractivity contribution >= 4 is 40.6 Å². The molecule has 3 rings (SSSR count). The number of nitrogen functional groups attached to an aromatic ring is 1. The molecule has 1 aliphatic rings. The molecule has 1 aliphatic heterocycles. The fraction of sp³-hybridized carbons (Fsp3) is 0.211. The van der Waals surface area contributed by atoms with Crippen LogP contribution in [0.5, 0.6) is 0 Å². The molecule has 0 aromatic heterocycles. The molecule has 0 spiro atoms. The molecule has 0 unspecified atom stereocenters. The molecule has 0 saturated heterocycles. The minimum Gasteiger partial charge on any atom is -0.468 e. The number of esters is 2. The number of benzene rings is 2. The Labute approximate surface area is 180 Å². The Hall–Kier alpha value is -4.55. The summed E-state index contributed by atoms with van der Waals surface area (Å²) in [6, 6.07) is 8.46. The van der Waals surface area contributed by atoms with Crippen molar-refractivity contribution in [2.75, 3.05) is 25.3 Å². The number of ether oxygens (including phenoxy) is 2. The van der Waals surface area contributed by atoms with Gasteiger partial charge in [-0.3, -0.25) is 34.6 Å². The minimum absolute atomic E-state index is 0.0258. The fourth-order valence-electron chi connectivity index (χ4n) is 3.00. The van der Waals surface area contributed by atoms with Crippen molar-refractivity contribution in [3.63, 3.8) is 0 Å². The van der Waals surface area contributed by atoms with E-state index in [0.717, 1.165) is 43.7 Å². The molecule has 0 atom stereocenters. The second-order valence-corrected chi connectivity index (χ2v) is 6.30. The zero-order valence-electron chi connectivity index (χ0n) is 16.9. The lowest BCUT2D eigenvalue weighted by atomic mass is 9.95. The molecule has 32 heavy (non-hydrogen) atoms. The zero-order chi connectivity index (χ0) is 24.0. The number of rotatable bonds is 5. The van der Waals surface area contributed by atoms with Gasteiger partial charge in [0.1, 0.15) is 5.56 Å². The van der Waals surface area contributed by atoms with Crippen molar-refractivity contribution in [2.45, 2.75) is 12.3 Å². The van der Waals surface area contributed by atoms with E-state index in [2.05, 4.69) is 14.8 Å². The normalized spacial score (nSPS) is 11.5. The third-order valence-electron chi connectivity index (χ3n) is 4.44. The highest BCUT2D eigenvalue weighted by Crippen LogP contribution is 2.36. The molecule has 1 amide bonds.